The summed E-state index contributed by atoms with van der Waals surface area (Å²) in [5.74, 6) is -0.166. The number of rotatable bonds is 47. The fourth-order valence-corrected chi connectivity index (χ4v) is 11.7. The van der Waals surface area contributed by atoms with Crippen LogP contribution in [-0.4, -0.2) is 31.4 Å². The summed E-state index contributed by atoms with van der Waals surface area (Å²) in [6.07, 6.45) is 22.1. The van der Waals surface area contributed by atoms with Crippen LogP contribution in [0.5, 0.6) is 17.2 Å². The van der Waals surface area contributed by atoms with Crippen LogP contribution >= 0.6 is 0 Å². The van der Waals surface area contributed by atoms with Crippen LogP contribution in [0.1, 0.15) is 293 Å². The molecule has 0 aliphatic rings. The van der Waals surface area contributed by atoms with Crippen molar-refractivity contribution in [1.82, 2.24) is 0 Å². The summed E-state index contributed by atoms with van der Waals surface area (Å²) in [6, 6.07) is 17.6. The Kier molecular flexibility index (Phi) is 39.0. The van der Waals surface area contributed by atoms with E-state index in [1.807, 2.05) is 0 Å². The van der Waals surface area contributed by atoms with Crippen LogP contribution in [-0.2, 0) is 24.7 Å². The SMILES string of the molecule is CCCCCCCCCCCCCCCCCCCC(c1cc(C(F)(F)F)ccc1OB(Oc1ccc(C(F)(F)F)cc1)Oc1ccc(C(F)(F)F)cc1)[N+](CCCCCCCC)(CCCCCCCC)CCCCCCCC.FC(F)(F)c1cc[c-]cc1. The van der Waals surface area contributed by atoms with Crippen LogP contribution in [0, 0.1) is 6.07 Å². The number of alkyl halides is 12. The first-order valence-electron chi connectivity index (χ1n) is 34.0. The fourth-order valence-electron chi connectivity index (χ4n) is 11.7. The van der Waals surface area contributed by atoms with Crippen LogP contribution in [0.2, 0.25) is 0 Å². The highest BCUT2D eigenvalue weighted by atomic mass is 19.4. The molecule has 4 aromatic carbocycles. The number of hydrogen-bond donors (Lipinski definition) is 0. The lowest BCUT2D eigenvalue weighted by Gasteiger charge is -2.46. The van der Waals surface area contributed by atoms with Crippen LogP contribution in [0.15, 0.2) is 91.0 Å². The summed E-state index contributed by atoms with van der Waals surface area (Å²) >= 11 is 0. The summed E-state index contributed by atoms with van der Waals surface area (Å²) in [7, 11) is -1.83. The zero-order valence-corrected chi connectivity index (χ0v) is 54.1. The van der Waals surface area contributed by atoms with Gasteiger partial charge in [-0.25, -0.2) is 0 Å². The summed E-state index contributed by atoms with van der Waals surface area (Å²) in [6.45, 7) is 11.2. The second-order valence-electron chi connectivity index (χ2n) is 24.4. The molecule has 17 heteroatoms. The smallest absolute Gasteiger partial charge is 0.490 e. The summed E-state index contributed by atoms with van der Waals surface area (Å²) in [5.41, 5.74) is -2.98. The van der Waals surface area contributed by atoms with E-state index < -0.39 is 60.3 Å². The molecular formula is C72H106BF12NO3. The van der Waals surface area contributed by atoms with E-state index in [1.54, 1.807) is 0 Å². The van der Waals surface area contributed by atoms with Crippen LogP contribution in [0.3, 0.4) is 0 Å². The lowest BCUT2D eigenvalue weighted by Crippen LogP contribution is -2.53. The molecule has 1 unspecified atom stereocenters. The van der Waals surface area contributed by atoms with Crippen molar-refractivity contribution >= 4 is 7.32 Å². The Labute approximate surface area is 527 Å². The van der Waals surface area contributed by atoms with Crippen molar-refractivity contribution in [3.8, 4) is 17.2 Å². The van der Waals surface area contributed by atoms with Gasteiger partial charge in [-0.15, -0.1) is 0 Å². The van der Waals surface area contributed by atoms with Gasteiger partial charge in [0.25, 0.3) is 0 Å². The Hall–Kier alpha value is -4.54. The number of quaternary nitrogens is 1. The predicted molar refractivity (Wildman–Crippen MR) is 339 cm³/mol. The Morgan fingerprint density at radius 3 is 0.921 bits per heavy atom. The van der Waals surface area contributed by atoms with Gasteiger partial charge in [0, 0.05) is 6.42 Å². The van der Waals surface area contributed by atoms with Crippen molar-refractivity contribution in [2.45, 2.75) is 290 Å². The predicted octanol–water partition coefficient (Wildman–Crippen LogP) is 25.8. The van der Waals surface area contributed by atoms with Crippen molar-refractivity contribution < 1.29 is 71.1 Å². The molecule has 0 aliphatic heterocycles. The molecule has 0 aromatic heterocycles. The van der Waals surface area contributed by atoms with Crippen LogP contribution in [0.4, 0.5) is 52.7 Å². The zero-order chi connectivity index (χ0) is 65.3. The summed E-state index contributed by atoms with van der Waals surface area (Å²) < 4.78 is 182. The van der Waals surface area contributed by atoms with Gasteiger partial charge in [-0.3, -0.25) is 0 Å². The number of benzene rings is 4. The van der Waals surface area contributed by atoms with E-state index in [0.29, 0.717) is 16.5 Å². The average molecular weight is 1270 g/mol. The summed E-state index contributed by atoms with van der Waals surface area (Å²) in [5, 5.41) is 0. The topological polar surface area (TPSA) is 27.7 Å². The Balaban J connectivity index is 0.00000187. The maximum absolute atomic E-state index is 15.1. The van der Waals surface area contributed by atoms with Crippen molar-refractivity contribution in [2.24, 2.45) is 0 Å². The first-order chi connectivity index (χ1) is 42.6. The quantitative estimate of drug-likeness (QED) is 0.0145. The zero-order valence-electron chi connectivity index (χ0n) is 54.1. The number of halogens is 12. The van der Waals surface area contributed by atoms with E-state index in [9.17, 15) is 39.5 Å². The van der Waals surface area contributed by atoms with Gasteiger partial charge >= 0.3 is 32.0 Å². The molecule has 0 heterocycles. The lowest BCUT2D eigenvalue weighted by atomic mass is 9.91. The average Bonchev–Trinajstić information content (AvgIpc) is 0.923. The molecule has 0 fully saturated rings. The van der Waals surface area contributed by atoms with Crippen molar-refractivity contribution in [1.29, 1.82) is 0 Å². The first kappa shape index (κ1) is 78.7. The largest absolute Gasteiger partial charge is 0.864 e. The molecule has 89 heavy (non-hydrogen) atoms. The van der Waals surface area contributed by atoms with Gasteiger partial charge in [0.15, 0.2) is 0 Å². The molecule has 0 spiro atoms. The van der Waals surface area contributed by atoms with Gasteiger partial charge in [0.1, 0.15) is 23.3 Å². The van der Waals surface area contributed by atoms with Crippen molar-refractivity contribution in [3.63, 3.8) is 0 Å². The lowest BCUT2D eigenvalue weighted by molar-refractivity contribution is -0.958. The van der Waals surface area contributed by atoms with E-state index in [1.165, 1.54) is 101 Å². The van der Waals surface area contributed by atoms with Crippen molar-refractivity contribution in [3.05, 3.63) is 125 Å². The second kappa shape index (κ2) is 44.1. The molecule has 1 atom stereocenters. The highest BCUT2D eigenvalue weighted by Gasteiger charge is 2.43. The first-order valence-corrected chi connectivity index (χ1v) is 34.0. The Bertz CT molecular complexity index is 2260. The normalized spacial score (nSPS) is 12.6. The molecule has 0 saturated heterocycles. The van der Waals surface area contributed by atoms with Crippen LogP contribution in [0.25, 0.3) is 0 Å². The molecule has 0 bridgehead atoms. The number of nitrogens with zero attached hydrogens (tertiary/aromatic N) is 1. The van der Waals surface area contributed by atoms with Gasteiger partial charge in [-0.05, 0) is 112 Å². The Morgan fingerprint density at radius 1 is 0.337 bits per heavy atom. The van der Waals surface area contributed by atoms with Gasteiger partial charge in [0.2, 0.25) is 0 Å². The van der Waals surface area contributed by atoms with E-state index in [2.05, 4.69) is 33.8 Å². The van der Waals surface area contributed by atoms with Crippen LogP contribution < -0.4 is 14.0 Å². The van der Waals surface area contributed by atoms with Gasteiger partial charge in [0.05, 0.1) is 41.9 Å². The molecule has 4 nitrogen and oxygen atoms in total. The van der Waals surface area contributed by atoms with E-state index in [0.717, 1.165) is 234 Å². The fraction of sp³-hybridized carbons (Fsp3) is 0.667. The third-order valence-electron chi connectivity index (χ3n) is 16.9. The third kappa shape index (κ3) is 33.6. The van der Waals surface area contributed by atoms with Gasteiger partial charge in [-0.2, -0.15) is 83.0 Å². The third-order valence-corrected chi connectivity index (χ3v) is 16.9. The van der Waals surface area contributed by atoms with Gasteiger partial charge < -0.3 is 18.4 Å². The van der Waals surface area contributed by atoms with E-state index in [-0.39, 0.29) is 17.2 Å². The molecular weight excluding hydrogens is 1170 g/mol. The molecule has 0 N–H and O–H groups in total. The minimum Gasteiger partial charge on any atom is -0.490 e. The maximum atomic E-state index is 15.1. The molecule has 0 saturated carbocycles. The molecule has 4 rings (SSSR count). The van der Waals surface area contributed by atoms with E-state index in [4.69, 9.17) is 14.0 Å². The Morgan fingerprint density at radius 2 is 0.618 bits per heavy atom. The van der Waals surface area contributed by atoms with Crippen molar-refractivity contribution in [2.75, 3.05) is 19.6 Å². The minimum atomic E-state index is -4.70. The van der Waals surface area contributed by atoms with E-state index >= 15 is 13.2 Å². The standard InChI is InChI=1S/C65H102BF9NO3.C7H4F3/c1-5-9-13-17-21-22-23-24-25-26-27-28-29-30-31-32-36-40-61(76(51-37-33-18-14-10-6-2,52-38-34-19-15-11-7-3)53-39-35-20-16-12-8-4)60-54-57(65(73,74)75)45-50-62(60)79-66(77-58-46-41-55(42-47-58)63(67,68)69)78-59-48-43-56(44-49-59)64(70,71)72;8-7(9,10)6-4-2-1-3-5-6/h41-50,54,61H,5-40,51-53H2,1-4H3;2-5H/q+1;-1. The summed E-state index contributed by atoms with van der Waals surface area (Å²) in [4.78, 5) is 0. The molecule has 0 amide bonds. The molecule has 0 aliphatic carbocycles. The highest BCUT2D eigenvalue weighted by Crippen LogP contribution is 2.44. The van der Waals surface area contributed by atoms with Gasteiger partial charge in [-0.1, -0.05) is 213 Å². The highest BCUT2D eigenvalue weighted by molar-refractivity contribution is 6.39. The minimum absolute atomic E-state index is 0.0603. The maximum Gasteiger partial charge on any atom is 0.864 e. The molecule has 4 aromatic rings. The number of hydrogen-bond acceptors (Lipinski definition) is 3. The molecule has 504 valence electrons. The molecule has 0 radical (unpaired) electrons. The monoisotopic (exact) mass is 1270 g/mol. The second-order valence-corrected chi connectivity index (χ2v) is 24.4. The number of unbranched alkanes of at least 4 members (excludes halogenated alkanes) is 31.